The van der Waals surface area contributed by atoms with Gasteiger partial charge in [0.15, 0.2) is 11.3 Å². The summed E-state index contributed by atoms with van der Waals surface area (Å²) in [5.41, 5.74) is -4.57. The minimum absolute atomic E-state index is 0.0924. The molecular formula is C15H13F3N6O4. The molecule has 148 valence electrons. The van der Waals surface area contributed by atoms with Crippen LogP contribution in [0.15, 0.2) is 24.7 Å². The van der Waals surface area contributed by atoms with Crippen molar-refractivity contribution in [2.45, 2.75) is 25.2 Å². The van der Waals surface area contributed by atoms with Crippen LogP contribution >= 0.6 is 0 Å². The molecule has 4 N–H and O–H groups in total. The number of nitriles is 1. The molecule has 0 fully saturated rings. The van der Waals surface area contributed by atoms with Crippen molar-refractivity contribution < 1.29 is 33.0 Å². The summed E-state index contributed by atoms with van der Waals surface area (Å²) in [7, 11) is 0. The summed E-state index contributed by atoms with van der Waals surface area (Å²) in [4.78, 5) is 26.2. The third-order valence-corrected chi connectivity index (χ3v) is 3.40. The minimum Gasteiger partial charge on any atom is -0.465 e. The number of aromatic nitrogens is 3. The normalized spacial score (nSPS) is 13.3. The third kappa shape index (κ3) is 4.95. The first-order valence-electron chi connectivity index (χ1n) is 7.46. The van der Waals surface area contributed by atoms with Gasteiger partial charge in [0.05, 0.1) is 35.9 Å². The Labute approximate surface area is 155 Å². The first kappa shape index (κ1) is 20.6. The van der Waals surface area contributed by atoms with E-state index in [1.54, 1.807) is 0 Å². The van der Waals surface area contributed by atoms with Crippen LogP contribution in [0.2, 0.25) is 0 Å². The molecule has 2 heterocycles. The number of hydrogen-bond donors (Lipinski definition) is 4. The summed E-state index contributed by atoms with van der Waals surface area (Å²) in [6.45, 7) is 0.673. The highest BCUT2D eigenvalue weighted by Crippen LogP contribution is 2.32. The summed E-state index contributed by atoms with van der Waals surface area (Å²) in [6, 6.07) is 1.84. The largest absolute Gasteiger partial charge is 0.465 e. The molecule has 28 heavy (non-hydrogen) atoms. The zero-order valence-corrected chi connectivity index (χ0v) is 14.2. The van der Waals surface area contributed by atoms with E-state index in [2.05, 4.69) is 15.4 Å². The van der Waals surface area contributed by atoms with Crippen molar-refractivity contribution in [1.29, 1.82) is 5.26 Å². The molecule has 0 aliphatic carbocycles. The maximum atomic E-state index is 13.0. The van der Waals surface area contributed by atoms with Crippen LogP contribution in [0.5, 0.6) is 0 Å². The highest BCUT2D eigenvalue weighted by atomic mass is 19.4. The lowest BCUT2D eigenvalue weighted by molar-refractivity contribution is -0.138. The molecule has 0 bridgehead atoms. The van der Waals surface area contributed by atoms with E-state index in [-0.39, 0.29) is 11.4 Å². The highest BCUT2D eigenvalue weighted by molar-refractivity contribution is 5.96. The molecule has 0 aliphatic rings. The number of pyridine rings is 1. The number of hydrogen-bond acceptors (Lipinski definition) is 6. The molecular weight excluding hydrogens is 385 g/mol. The van der Waals surface area contributed by atoms with Gasteiger partial charge in [-0.15, -0.1) is 0 Å². The van der Waals surface area contributed by atoms with Crippen LogP contribution in [0.3, 0.4) is 0 Å². The van der Waals surface area contributed by atoms with Gasteiger partial charge < -0.3 is 15.5 Å². The molecule has 2 aromatic rings. The van der Waals surface area contributed by atoms with E-state index in [0.29, 0.717) is 6.07 Å². The lowest BCUT2D eigenvalue weighted by Crippen LogP contribution is -2.43. The van der Waals surface area contributed by atoms with E-state index in [0.717, 1.165) is 24.0 Å². The third-order valence-electron chi connectivity index (χ3n) is 3.40. The maximum Gasteiger partial charge on any atom is 0.419 e. The lowest BCUT2D eigenvalue weighted by atomic mass is 10.1. The number of anilines is 2. The van der Waals surface area contributed by atoms with Gasteiger partial charge in [-0.1, -0.05) is 0 Å². The number of nitrogens with one attached hydrogen (secondary N) is 2. The highest BCUT2D eigenvalue weighted by Gasteiger charge is 2.36. The molecule has 13 heteroatoms. The zero-order valence-electron chi connectivity index (χ0n) is 14.2. The van der Waals surface area contributed by atoms with Crippen molar-refractivity contribution in [2.24, 2.45) is 0 Å². The van der Waals surface area contributed by atoms with E-state index in [1.165, 1.54) is 12.3 Å². The Bertz CT molecular complexity index is 948. The SMILES string of the molecule is CC(O)(Cn1cc(NC(=O)O)cn1)C(=O)Nc1cnc(C#N)c(C(F)(F)F)c1. The first-order valence-corrected chi connectivity index (χ1v) is 7.46. The van der Waals surface area contributed by atoms with Gasteiger partial charge in [0.1, 0.15) is 6.07 Å². The number of carbonyl (C=O) groups is 2. The fourth-order valence-corrected chi connectivity index (χ4v) is 2.13. The van der Waals surface area contributed by atoms with Crippen molar-refractivity contribution >= 4 is 23.4 Å². The van der Waals surface area contributed by atoms with Gasteiger partial charge in [-0.25, -0.2) is 9.78 Å². The Morgan fingerprint density at radius 3 is 2.54 bits per heavy atom. The quantitative estimate of drug-likeness (QED) is 0.597. The molecule has 0 aromatic carbocycles. The van der Waals surface area contributed by atoms with Crippen molar-refractivity contribution in [3.05, 3.63) is 35.9 Å². The number of nitrogens with zero attached hydrogens (tertiary/aromatic N) is 4. The zero-order chi connectivity index (χ0) is 21.1. The van der Waals surface area contributed by atoms with Gasteiger partial charge in [0.25, 0.3) is 5.91 Å². The Balaban J connectivity index is 2.16. The monoisotopic (exact) mass is 398 g/mol. The second-order valence-electron chi connectivity index (χ2n) is 5.81. The van der Waals surface area contributed by atoms with E-state index in [1.807, 2.05) is 5.32 Å². The second-order valence-corrected chi connectivity index (χ2v) is 5.81. The predicted octanol–water partition coefficient (Wildman–Crippen LogP) is 1.65. The predicted molar refractivity (Wildman–Crippen MR) is 87.1 cm³/mol. The van der Waals surface area contributed by atoms with Crippen molar-refractivity contribution in [2.75, 3.05) is 10.6 Å². The van der Waals surface area contributed by atoms with Crippen LogP contribution in [0.4, 0.5) is 29.3 Å². The topological polar surface area (TPSA) is 153 Å². The molecule has 0 saturated heterocycles. The number of amides is 2. The Kier molecular flexibility index (Phi) is 5.55. The molecule has 10 nitrogen and oxygen atoms in total. The van der Waals surface area contributed by atoms with E-state index in [4.69, 9.17) is 10.4 Å². The summed E-state index contributed by atoms with van der Waals surface area (Å²) >= 11 is 0. The molecule has 0 spiro atoms. The van der Waals surface area contributed by atoms with Crippen LogP contribution in [0.25, 0.3) is 0 Å². The number of rotatable bonds is 5. The Morgan fingerprint density at radius 2 is 1.96 bits per heavy atom. The van der Waals surface area contributed by atoms with E-state index >= 15 is 0 Å². The van der Waals surface area contributed by atoms with Crippen LogP contribution < -0.4 is 10.6 Å². The van der Waals surface area contributed by atoms with Gasteiger partial charge in [0, 0.05) is 6.20 Å². The molecule has 0 radical (unpaired) electrons. The van der Waals surface area contributed by atoms with Gasteiger partial charge in [-0.3, -0.25) is 14.8 Å². The fraction of sp³-hybridized carbons (Fsp3) is 0.267. The fourth-order valence-electron chi connectivity index (χ4n) is 2.13. The number of carboxylic acid groups (broad SMARTS) is 1. The number of alkyl halides is 3. The molecule has 2 amide bonds. The molecule has 1 unspecified atom stereocenters. The number of halogens is 3. The van der Waals surface area contributed by atoms with E-state index < -0.39 is 41.6 Å². The number of aliphatic hydroxyl groups is 1. The van der Waals surface area contributed by atoms with Crippen molar-refractivity contribution in [3.8, 4) is 6.07 Å². The van der Waals surface area contributed by atoms with Gasteiger partial charge in [-0.2, -0.15) is 23.5 Å². The van der Waals surface area contributed by atoms with Gasteiger partial charge in [-0.05, 0) is 13.0 Å². The first-order chi connectivity index (χ1) is 12.9. The smallest absolute Gasteiger partial charge is 0.419 e. The Hall–Kier alpha value is -3.66. The van der Waals surface area contributed by atoms with Crippen molar-refractivity contribution in [3.63, 3.8) is 0 Å². The maximum absolute atomic E-state index is 13.0. The average molecular weight is 398 g/mol. The molecule has 2 aromatic heterocycles. The summed E-state index contributed by atoms with van der Waals surface area (Å²) < 4.78 is 39.9. The molecule has 0 saturated carbocycles. The van der Waals surface area contributed by atoms with Crippen LogP contribution in [0.1, 0.15) is 18.2 Å². The standard InChI is InChI=1S/C15H13F3N6O4/c1-14(28,7-24-6-9(5-21-24)23-13(26)27)12(25)22-8-2-10(15(16,17)18)11(3-19)20-4-8/h2,4-6,23,28H,7H2,1H3,(H,22,25)(H,26,27). The molecule has 2 rings (SSSR count). The van der Waals surface area contributed by atoms with Gasteiger partial charge in [0.2, 0.25) is 0 Å². The molecule has 1 atom stereocenters. The molecule has 0 aliphatic heterocycles. The summed E-state index contributed by atoms with van der Waals surface area (Å²) in [6.07, 6.45) is -2.99. The number of carbonyl (C=O) groups excluding carboxylic acids is 1. The average Bonchev–Trinajstić information content (AvgIpc) is 2.99. The lowest BCUT2D eigenvalue weighted by Gasteiger charge is -2.22. The van der Waals surface area contributed by atoms with Crippen molar-refractivity contribution in [1.82, 2.24) is 14.8 Å². The minimum atomic E-state index is -4.86. The summed E-state index contributed by atoms with van der Waals surface area (Å²) in [5.74, 6) is -1.06. The Morgan fingerprint density at radius 1 is 1.29 bits per heavy atom. The summed E-state index contributed by atoms with van der Waals surface area (Å²) in [5, 5.41) is 35.5. The van der Waals surface area contributed by atoms with Crippen LogP contribution in [-0.4, -0.2) is 42.6 Å². The van der Waals surface area contributed by atoms with Gasteiger partial charge >= 0.3 is 12.3 Å². The van der Waals surface area contributed by atoms with Crippen LogP contribution in [0, 0.1) is 11.3 Å². The second kappa shape index (κ2) is 7.53. The van der Waals surface area contributed by atoms with Crippen LogP contribution in [-0.2, 0) is 17.5 Å². The van der Waals surface area contributed by atoms with E-state index in [9.17, 15) is 27.9 Å².